The van der Waals surface area contributed by atoms with Crippen LogP contribution < -0.4 is 15.6 Å². The summed E-state index contributed by atoms with van der Waals surface area (Å²) in [5.41, 5.74) is 1.08. The number of halogens is 4. The first-order valence-electron chi connectivity index (χ1n) is 11.3. The van der Waals surface area contributed by atoms with Crippen LogP contribution in [0.25, 0.3) is 0 Å². The van der Waals surface area contributed by atoms with E-state index in [1.54, 1.807) is 18.3 Å². The van der Waals surface area contributed by atoms with E-state index in [0.717, 1.165) is 23.3 Å². The summed E-state index contributed by atoms with van der Waals surface area (Å²) in [6, 6.07) is 10.4. The predicted octanol–water partition coefficient (Wildman–Crippen LogP) is 6.04. The number of rotatable bonds is 9. The number of hydrogen-bond acceptors (Lipinski definition) is 6. The van der Waals surface area contributed by atoms with Crippen molar-refractivity contribution < 1.29 is 22.6 Å². The Labute approximate surface area is 221 Å². The van der Waals surface area contributed by atoms with Gasteiger partial charge in [0.05, 0.1) is 17.7 Å². The van der Waals surface area contributed by atoms with Crippen LogP contribution in [0.4, 0.5) is 19.1 Å². The third-order valence-electron chi connectivity index (χ3n) is 5.17. The third kappa shape index (κ3) is 8.20. The molecule has 0 aliphatic heterocycles. The van der Waals surface area contributed by atoms with Gasteiger partial charge in [0.15, 0.2) is 0 Å². The number of hydrogen-bond donors (Lipinski definition) is 2. The molecule has 3 rings (SSSR count). The second-order valence-corrected chi connectivity index (χ2v) is 8.48. The van der Waals surface area contributed by atoms with Crippen molar-refractivity contribution in [2.75, 3.05) is 19.0 Å². The molecule has 1 heterocycles. The summed E-state index contributed by atoms with van der Waals surface area (Å²) < 4.78 is 49.1. The highest BCUT2D eigenvalue weighted by molar-refractivity contribution is 6.31. The van der Waals surface area contributed by atoms with E-state index < -0.39 is 16.8 Å². The van der Waals surface area contributed by atoms with Crippen LogP contribution in [0.5, 0.6) is 11.5 Å². The molecule has 8 nitrogen and oxygen atoms in total. The smallest absolute Gasteiger partial charge is 0.417 e. The second kappa shape index (κ2) is 12.9. The molecule has 1 aromatic heterocycles. The van der Waals surface area contributed by atoms with E-state index >= 15 is 0 Å². The van der Waals surface area contributed by atoms with E-state index in [-0.39, 0.29) is 17.3 Å². The van der Waals surface area contributed by atoms with Gasteiger partial charge in [0.2, 0.25) is 5.95 Å². The SMILES string of the molecule is C=NC(=N/C=C(\C)Cc1cnc(NCCc2ccc(Oc3ccc(C(F)(F)F)c(Cl)c3)cc2)[nH]c1=O)OC. The monoisotopic (exact) mass is 547 g/mol. The van der Waals surface area contributed by atoms with Crippen molar-refractivity contribution in [1.82, 2.24) is 9.97 Å². The molecule has 2 aromatic carbocycles. The summed E-state index contributed by atoms with van der Waals surface area (Å²) in [5, 5.41) is 2.64. The molecule has 3 aromatic rings. The lowest BCUT2D eigenvalue weighted by atomic mass is 10.1. The molecule has 0 bridgehead atoms. The van der Waals surface area contributed by atoms with E-state index in [4.69, 9.17) is 21.1 Å². The van der Waals surface area contributed by atoms with Crippen molar-refractivity contribution in [2.45, 2.75) is 25.9 Å². The Morgan fingerprint density at radius 1 is 1.21 bits per heavy atom. The average molecular weight is 548 g/mol. The first-order valence-corrected chi connectivity index (χ1v) is 11.7. The van der Waals surface area contributed by atoms with Crippen molar-refractivity contribution in [1.29, 1.82) is 0 Å². The molecule has 0 aliphatic carbocycles. The normalized spacial score (nSPS) is 12.3. The maximum Gasteiger partial charge on any atom is 0.417 e. The first kappa shape index (κ1) is 28.5. The maximum absolute atomic E-state index is 12.8. The van der Waals surface area contributed by atoms with Crippen molar-refractivity contribution in [3.8, 4) is 11.5 Å². The summed E-state index contributed by atoms with van der Waals surface area (Å²) in [5.74, 6) is 0.992. The topological polar surface area (TPSA) is 101 Å². The van der Waals surface area contributed by atoms with Crippen molar-refractivity contribution in [3.05, 3.63) is 92.5 Å². The third-order valence-corrected chi connectivity index (χ3v) is 5.48. The molecule has 0 saturated heterocycles. The molecule has 0 unspecified atom stereocenters. The highest BCUT2D eigenvalue weighted by atomic mass is 35.5. The van der Waals surface area contributed by atoms with E-state index in [9.17, 15) is 18.0 Å². The molecular formula is C26H25ClF3N5O3. The van der Waals surface area contributed by atoms with Crippen LogP contribution in [0, 0.1) is 0 Å². The van der Waals surface area contributed by atoms with Gasteiger partial charge in [-0.25, -0.2) is 15.0 Å². The number of methoxy groups -OCH3 is 1. The number of aromatic nitrogens is 2. The summed E-state index contributed by atoms with van der Waals surface area (Å²) in [4.78, 5) is 27.0. The minimum Gasteiger partial charge on any atom is -0.467 e. The number of benzene rings is 2. The van der Waals surface area contributed by atoms with Crippen molar-refractivity contribution >= 4 is 30.3 Å². The molecule has 2 N–H and O–H groups in total. The molecule has 0 amide bonds. The number of aromatic amines is 1. The highest BCUT2D eigenvalue weighted by Crippen LogP contribution is 2.37. The number of amidine groups is 1. The summed E-state index contributed by atoms with van der Waals surface area (Å²) in [7, 11) is 1.43. The van der Waals surface area contributed by atoms with Gasteiger partial charge >= 0.3 is 12.2 Å². The molecule has 0 spiro atoms. The lowest BCUT2D eigenvalue weighted by Gasteiger charge is -2.11. The molecule has 200 valence electrons. The second-order valence-electron chi connectivity index (χ2n) is 8.07. The Morgan fingerprint density at radius 2 is 1.92 bits per heavy atom. The molecule has 0 radical (unpaired) electrons. The van der Waals surface area contributed by atoms with Crippen molar-refractivity contribution in [2.24, 2.45) is 9.98 Å². The van der Waals surface area contributed by atoms with Gasteiger partial charge in [-0.15, -0.1) is 0 Å². The number of allylic oxidation sites excluding steroid dienone is 1. The molecule has 0 atom stereocenters. The number of aliphatic imine (C=N–C) groups is 2. The fraction of sp³-hybridized carbons (Fsp3) is 0.231. The first-order chi connectivity index (χ1) is 18.1. The van der Waals surface area contributed by atoms with E-state index in [2.05, 4.69) is 32.0 Å². The zero-order valence-corrected chi connectivity index (χ0v) is 21.4. The summed E-state index contributed by atoms with van der Waals surface area (Å²) >= 11 is 5.74. The van der Waals surface area contributed by atoms with E-state index in [1.165, 1.54) is 19.4 Å². The number of nitrogens with zero attached hydrogens (tertiary/aromatic N) is 3. The molecule has 0 saturated carbocycles. The quantitative estimate of drug-likeness (QED) is 0.251. The standard InChI is InChI=1S/C26H25ClF3N5O3/c1-16(14-34-25(31-2)37-3)12-18-15-33-24(35-23(18)36)32-11-10-17-4-6-19(7-5-17)38-20-8-9-21(22(27)13-20)26(28,29)30/h4-9,13-15H,2,10-12H2,1,3H3,(H2,32,33,35,36)/b16-14+,34-25?. The van der Waals surface area contributed by atoms with Gasteiger partial charge in [-0.2, -0.15) is 13.2 Å². The zero-order chi connectivity index (χ0) is 27.7. The zero-order valence-electron chi connectivity index (χ0n) is 20.6. The Kier molecular flexibility index (Phi) is 9.66. The molecule has 0 aliphatic rings. The minimum absolute atomic E-state index is 0.127. The fourth-order valence-electron chi connectivity index (χ4n) is 3.28. The van der Waals surface area contributed by atoms with Crippen molar-refractivity contribution in [3.63, 3.8) is 0 Å². The number of anilines is 1. The number of nitrogens with one attached hydrogen (secondary N) is 2. The van der Waals surface area contributed by atoms with Gasteiger partial charge in [0.25, 0.3) is 5.56 Å². The van der Waals surface area contributed by atoms with Crippen LogP contribution in [0.15, 0.2) is 75.2 Å². The largest absolute Gasteiger partial charge is 0.467 e. The Morgan fingerprint density at radius 3 is 2.53 bits per heavy atom. The van der Waals surface area contributed by atoms with Gasteiger partial charge in [-0.3, -0.25) is 9.78 Å². The van der Waals surface area contributed by atoms with Gasteiger partial charge in [-0.05, 0) is 49.9 Å². The van der Waals surface area contributed by atoms with Crippen LogP contribution in [0.1, 0.15) is 23.6 Å². The molecule has 38 heavy (non-hydrogen) atoms. The number of ether oxygens (including phenoxy) is 2. The number of H-pyrrole nitrogens is 1. The Balaban J connectivity index is 1.52. The lowest BCUT2D eigenvalue weighted by Crippen LogP contribution is -2.18. The van der Waals surface area contributed by atoms with Gasteiger partial charge in [0, 0.05) is 37.0 Å². The van der Waals surface area contributed by atoms with E-state index in [1.807, 2.05) is 19.1 Å². The molecule has 0 fully saturated rings. The van der Waals surface area contributed by atoms with Crippen LogP contribution in [-0.4, -0.2) is 36.4 Å². The summed E-state index contributed by atoms with van der Waals surface area (Å²) in [6.45, 7) is 5.67. The average Bonchev–Trinajstić information content (AvgIpc) is 2.86. The highest BCUT2D eigenvalue weighted by Gasteiger charge is 2.33. The lowest BCUT2D eigenvalue weighted by molar-refractivity contribution is -0.137. The van der Waals surface area contributed by atoms with Crippen LogP contribution >= 0.6 is 11.6 Å². The van der Waals surface area contributed by atoms with Crippen LogP contribution in [-0.2, 0) is 23.8 Å². The number of alkyl halides is 3. The summed E-state index contributed by atoms with van der Waals surface area (Å²) in [6.07, 6.45) is -0.497. The predicted molar refractivity (Wildman–Crippen MR) is 141 cm³/mol. The maximum atomic E-state index is 12.8. The van der Waals surface area contributed by atoms with Gasteiger partial charge in [-0.1, -0.05) is 29.3 Å². The minimum atomic E-state index is -4.53. The van der Waals surface area contributed by atoms with Gasteiger partial charge < -0.3 is 14.8 Å². The Hall–Kier alpha value is -4.12. The van der Waals surface area contributed by atoms with Crippen LogP contribution in [0.2, 0.25) is 5.02 Å². The molecular weight excluding hydrogens is 523 g/mol. The Bertz CT molecular complexity index is 1390. The van der Waals surface area contributed by atoms with E-state index in [0.29, 0.717) is 36.6 Å². The van der Waals surface area contributed by atoms with Gasteiger partial charge in [0.1, 0.15) is 11.5 Å². The fourth-order valence-corrected chi connectivity index (χ4v) is 3.56. The molecule has 12 heteroatoms. The van der Waals surface area contributed by atoms with Crippen LogP contribution in [0.3, 0.4) is 0 Å².